The van der Waals surface area contributed by atoms with Crippen LogP contribution < -0.4 is 21.5 Å². The molecule has 2 heterocycles. The van der Waals surface area contributed by atoms with Crippen LogP contribution in [-0.2, 0) is 0 Å². The molecule has 6 N–H and O–H groups in total. The Hall–Kier alpha value is -3.56. The maximum Gasteiger partial charge on any atom is 0.254 e. The van der Waals surface area contributed by atoms with Crippen LogP contribution in [0, 0.1) is 13.8 Å². The number of piperazine rings is 1. The maximum atomic E-state index is 12.3. The van der Waals surface area contributed by atoms with Crippen LogP contribution in [0.2, 0.25) is 0 Å². The Kier molecular flexibility index (Phi) is 7.04. The molecule has 4 rings (SSSR count). The normalized spacial score (nSPS) is 14.3. The van der Waals surface area contributed by atoms with E-state index in [0.29, 0.717) is 34.9 Å². The number of nitrogens with two attached hydrogens (primary N) is 2. The van der Waals surface area contributed by atoms with E-state index < -0.39 is 5.91 Å². The highest BCUT2D eigenvalue weighted by Gasteiger charge is 2.24. The Labute approximate surface area is 199 Å². The van der Waals surface area contributed by atoms with Gasteiger partial charge in [-0.25, -0.2) is 4.68 Å². The minimum atomic E-state index is -0.670. The van der Waals surface area contributed by atoms with Crippen molar-refractivity contribution in [2.75, 3.05) is 45.1 Å². The van der Waals surface area contributed by atoms with Crippen molar-refractivity contribution in [3.63, 3.8) is 0 Å². The first-order chi connectivity index (χ1) is 16.4. The molecule has 9 nitrogen and oxygen atoms in total. The Morgan fingerprint density at radius 2 is 1.97 bits per heavy atom. The number of amides is 1. The second-order valence-electron chi connectivity index (χ2n) is 8.58. The largest absolute Gasteiger partial charge is 0.508 e. The lowest BCUT2D eigenvalue weighted by atomic mass is 10.1. The van der Waals surface area contributed by atoms with Crippen LogP contribution in [0.15, 0.2) is 36.4 Å². The van der Waals surface area contributed by atoms with Crippen molar-refractivity contribution in [2.45, 2.75) is 20.3 Å². The topological polar surface area (TPSA) is 132 Å². The van der Waals surface area contributed by atoms with Crippen LogP contribution >= 0.6 is 0 Å². The van der Waals surface area contributed by atoms with E-state index in [9.17, 15) is 9.90 Å². The molecule has 1 aromatic heterocycles. The van der Waals surface area contributed by atoms with Gasteiger partial charge in [0.25, 0.3) is 5.91 Å². The number of carbonyl (C=O) groups is 1. The summed E-state index contributed by atoms with van der Waals surface area (Å²) in [5.41, 5.74) is 15.3. The number of anilines is 1. The highest BCUT2D eigenvalue weighted by molar-refractivity contribution is 6.03. The van der Waals surface area contributed by atoms with Crippen molar-refractivity contribution in [1.29, 1.82) is 0 Å². The maximum absolute atomic E-state index is 12.3. The summed E-state index contributed by atoms with van der Waals surface area (Å²) in [6, 6.07) is 10.8. The lowest BCUT2D eigenvalue weighted by Crippen LogP contribution is -2.43. The van der Waals surface area contributed by atoms with Gasteiger partial charge in [-0.15, -0.1) is 0 Å². The van der Waals surface area contributed by atoms with E-state index in [0.717, 1.165) is 44.7 Å². The fourth-order valence-electron chi connectivity index (χ4n) is 4.34. The molecule has 1 saturated heterocycles. The molecule has 0 bridgehead atoms. The molecule has 34 heavy (non-hydrogen) atoms. The Morgan fingerprint density at radius 1 is 1.21 bits per heavy atom. The fourth-order valence-corrected chi connectivity index (χ4v) is 4.34. The first kappa shape index (κ1) is 23.6. The zero-order valence-corrected chi connectivity index (χ0v) is 19.7. The third kappa shape index (κ3) is 4.85. The number of aromatic nitrogens is 2. The molecule has 0 saturated carbocycles. The van der Waals surface area contributed by atoms with Gasteiger partial charge in [-0.05, 0) is 44.0 Å². The standard InChI is InChI=1S/C25H32N6O3/c1-16-7-8-20(32)17(2)23(16)31-24(26)21(25(27)33)22(29-31)18-5-3-6-19(15-18)34-14-4-11-30-12-9-28-10-13-30/h3,5-8,15,28,32H,4,9-14,26H2,1-2H3,(H2,27,33). The van der Waals surface area contributed by atoms with Gasteiger partial charge in [0.05, 0.1) is 12.3 Å². The predicted octanol–water partition coefficient (Wildman–Crippen LogP) is 2.22. The second kappa shape index (κ2) is 10.1. The summed E-state index contributed by atoms with van der Waals surface area (Å²) in [6.45, 7) is 9.44. The van der Waals surface area contributed by atoms with Crippen LogP contribution in [0.25, 0.3) is 16.9 Å². The number of benzene rings is 2. The van der Waals surface area contributed by atoms with Crippen LogP contribution in [0.1, 0.15) is 27.9 Å². The van der Waals surface area contributed by atoms with E-state index in [1.165, 1.54) is 4.68 Å². The SMILES string of the molecule is Cc1ccc(O)c(C)c1-n1nc(-c2cccc(OCCCN3CCNCC3)c2)c(C(N)=O)c1N. The zero-order chi connectivity index (χ0) is 24.2. The average molecular weight is 465 g/mol. The smallest absolute Gasteiger partial charge is 0.254 e. The summed E-state index contributed by atoms with van der Waals surface area (Å²) in [6.07, 6.45) is 0.925. The number of hydrogen-bond donors (Lipinski definition) is 4. The number of nitrogen functional groups attached to an aromatic ring is 1. The van der Waals surface area contributed by atoms with Crippen LogP contribution in [0.4, 0.5) is 5.82 Å². The molecule has 1 fully saturated rings. The van der Waals surface area contributed by atoms with Gasteiger partial charge >= 0.3 is 0 Å². The summed E-state index contributed by atoms with van der Waals surface area (Å²) in [4.78, 5) is 14.8. The first-order valence-electron chi connectivity index (χ1n) is 11.5. The Balaban J connectivity index is 1.59. The third-order valence-electron chi connectivity index (χ3n) is 6.19. The van der Waals surface area contributed by atoms with Gasteiger partial charge in [0.15, 0.2) is 0 Å². The number of nitrogens with one attached hydrogen (secondary N) is 1. The molecule has 9 heteroatoms. The number of rotatable bonds is 8. The van der Waals surface area contributed by atoms with E-state index in [-0.39, 0.29) is 17.1 Å². The molecule has 2 aromatic carbocycles. The number of hydrogen-bond acceptors (Lipinski definition) is 7. The molecule has 0 atom stereocenters. The fraction of sp³-hybridized carbons (Fsp3) is 0.360. The Morgan fingerprint density at radius 3 is 2.71 bits per heavy atom. The number of aryl methyl sites for hydroxylation is 1. The first-order valence-corrected chi connectivity index (χ1v) is 11.5. The monoisotopic (exact) mass is 464 g/mol. The van der Waals surface area contributed by atoms with Crippen molar-refractivity contribution in [1.82, 2.24) is 20.0 Å². The molecule has 1 aliphatic heterocycles. The van der Waals surface area contributed by atoms with Crippen molar-refractivity contribution < 1.29 is 14.6 Å². The number of ether oxygens (including phenoxy) is 1. The average Bonchev–Trinajstić information content (AvgIpc) is 3.17. The van der Waals surface area contributed by atoms with Gasteiger partial charge < -0.3 is 31.5 Å². The van der Waals surface area contributed by atoms with Crippen LogP contribution in [0.3, 0.4) is 0 Å². The number of phenols is 1. The van der Waals surface area contributed by atoms with Crippen molar-refractivity contribution >= 4 is 11.7 Å². The molecule has 3 aromatic rings. The van der Waals surface area contributed by atoms with Crippen molar-refractivity contribution in [3.05, 3.63) is 53.1 Å². The summed E-state index contributed by atoms with van der Waals surface area (Å²) in [7, 11) is 0. The summed E-state index contributed by atoms with van der Waals surface area (Å²) >= 11 is 0. The minimum absolute atomic E-state index is 0.119. The van der Waals surface area contributed by atoms with Gasteiger partial charge in [-0.2, -0.15) is 5.10 Å². The van der Waals surface area contributed by atoms with Gasteiger partial charge in [0.1, 0.15) is 28.6 Å². The predicted molar refractivity (Wildman–Crippen MR) is 132 cm³/mol. The van der Waals surface area contributed by atoms with Gasteiger partial charge in [0.2, 0.25) is 0 Å². The highest BCUT2D eigenvalue weighted by atomic mass is 16.5. The molecule has 180 valence electrons. The molecule has 1 aliphatic rings. The molecular formula is C25H32N6O3. The third-order valence-corrected chi connectivity index (χ3v) is 6.19. The number of aromatic hydroxyl groups is 1. The lowest BCUT2D eigenvalue weighted by Gasteiger charge is -2.26. The van der Waals surface area contributed by atoms with Crippen molar-refractivity contribution in [3.8, 4) is 28.4 Å². The zero-order valence-electron chi connectivity index (χ0n) is 19.7. The molecule has 1 amide bonds. The van der Waals surface area contributed by atoms with E-state index in [1.54, 1.807) is 19.1 Å². The summed E-state index contributed by atoms with van der Waals surface area (Å²) in [5, 5.41) is 18.2. The molecular weight excluding hydrogens is 432 g/mol. The highest BCUT2D eigenvalue weighted by Crippen LogP contribution is 2.34. The van der Waals surface area contributed by atoms with Gasteiger partial charge in [0, 0.05) is 43.9 Å². The summed E-state index contributed by atoms with van der Waals surface area (Å²) < 4.78 is 7.45. The number of nitrogens with zero attached hydrogens (tertiary/aromatic N) is 3. The van der Waals surface area contributed by atoms with Crippen LogP contribution in [-0.4, -0.2) is 65.0 Å². The summed E-state index contributed by atoms with van der Waals surface area (Å²) in [5.74, 6) is 0.262. The van der Waals surface area contributed by atoms with E-state index in [4.69, 9.17) is 16.2 Å². The van der Waals surface area contributed by atoms with Crippen molar-refractivity contribution in [2.24, 2.45) is 5.73 Å². The number of primary amides is 1. The van der Waals surface area contributed by atoms with Crippen LogP contribution in [0.5, 0.6) is 11.5 Å². The lowest BCUT2D eigenvalue weighted by molar-refractivity contribution is 0.100. The molecule has 0 spiro atoms. The van der Waals surface area contributed by atoms with E-state index in [1.807, 2.05) is 31.2 Å². The minimum Gasteiger partial charge on any atom is -0.508 e. The second-order valence-corrected chi connectivity index (χ2v) is 8.58. The van der Waals surface area contributed by atoms with Gasteiger partial charge in [-0.1, -0.05) is 18.2 Å². The Bertz CT molecular complexity index is 1180. The van der Waals surface area contributed by atoms with Gasteiger partial charge in [-0.3, -0.25) is 4.79 Å². The quantitative estimate of drug-likeness (QED) is 0.376. The molecule has 0 aliphatic carbocycles. The molecule has 0 unspecified atom stereocenters. The molecule has 0 radical (unpaired) electrons. The number of phenolic OH excluding ortho intramolecular Hbond substituents is 1. The number of carbonyl (C=O) groups excluding carboxylic acids is 1. The van der Waals surface area contributed by atoms with E-state index in [2.05, 4.69) is 15.3 Å². The van der Waals surface area contributed by atoms with E-state index >= 15 is 0 Å².